The molecule has 2 aliphatic heterocycles. The summed E-state index contributed by atoms with van der Waals surface area (Å²) >= 11 is 0. The predicted octanol–water partition coefficient (Wildman–Crippen LogP) is 1.51. The van der Waals surface area contributed by atoms with Crippen LogP contribution < -0.4 is 15.5 Å². The normalized spacial score (nSPS) is 23.4. The van der Waals surface area contributed by atoms with Crippen molar-refractivity contribution < 1.29 is 9.18 Å². The monoisotopic (exact) mass is 334 g/mol. The smallest absolute Gasteiger partial charge is 0.237 e. The highest BCUT2D eigenvalue weighted by Gasteiger charge is 2.27. The maximum absolute atomic E-state index is 13.8. The second-order valence-corrected chi connectivity index (χ2v) is 6.65. The molecule has 2 saturated heterocycles. The van der Waals surface area contributed by atoms with Gasteiger partial charge in [0.15, 0.2) is 0 Å². The average molecular weight is 334 g/mol. The van der Waals surface area contributed by atoms with Crippen molar-refractivity contribution in [3.63, 3.8) is 0 Å². The van der Waals surface area contributed by atoms with Crippen molar-refractivity contribution >= 4 is 11.6 Å². The Labute approximate surface area is 143 Å². The van der Waals surface area contributed by atoms with Crippen LogP contribution in [0.15, 0.2) is 18.2 Å². The molecule has 3 rings (SSSR count). The van der Waals surface area contributed by atoms with Crippen molar-refractivity contribution in [1.29, 1.82) is 0 Å². The molecule has 2 heterocycles. The molecule has 0 unspecified atom stereocenters. The first-order chi connectivity index (χ1) is 11.6. The van der Waals surface area contributed by atoms with Gasteiger partial charge in [-0.25, -0.2) is 4.39 Å². The third-order valence-electron chi connectivity index (χ3n) is 5.12. The van der Waals surface area contributed by atoms with Gasteiger partial charge in [-0.05, 0) is 43.7 Å². The summed E-state index contributed by atoms with van der Waals surface area (Å²) in [5, 5.41) is 6.19. The van der Waals surface area contributed by atoms with Gasteiger partial charge < -0.3 is 15.1 Å². The summed E-state index contributed by atoms with van der Waals surface area (Å²) in [6.45, 7) is 9.91. The molecule has 5 nitrogen and oxygen atoms in total. The van der Waals surface area contributed by atoms with Gasteiger partial charge >= 0.3 is 0 Å². The summed E-state index contributed by atoms with van der Waals surface area (Å²) in [4.78, 5) is 16.5. The fourth-order valence-corrected chi connectivity index (χ4v) is 3.61. The number of likely N-dealkylation sites (N-methyl/N-ethyl adjacent to an activating group) is 1. The van der Waals surface area contributed by atoms with E-state index in [1.807, 2.05) is 13.0 Å². The van der Waals surface area contributed by atoms with E-state index >= 15 is 0 Å². The van der Waals surface area contributed by atoms with Crippen LogP contribution in [0.1, 0.15) is 31.9 Å². The molecule has 0 saturated carbocycles. The number of hydrogen-bond acceptors (Lipinski definition) is 4. The van der Waals surface area contributed by atoms with Gasteiger partial charge in [0.25, 0.3) is 0 Å². The molecule has 0 bridgehead atoms. The van der Waals surface area contributed by atoms with Crippen LogP contribution in [-0.4, -0.2) is 56.1 Å². The van der Waals surface area contributed by atoms with Crippen LogP contribution in [0.5, 0.6) is 0 Å². The summed E-state index contributed by atoms with van der Waals surface area (Å²) < 4.78 is 13.8. The molecule has 0 aliphatic carbocycles. The van der Waals surface area contributed by atoms with Crippen molar-refractivity contribution in [2.75, 3.05) is 44.2 Å². The van der Waals surface area contributed by atoms with E-state index in [9.17, 15) is 9.18 Å². The van der Waals surface area contributed by atoms with Gasteiger partial charge in [-0.2, -0.15) is 0 Å². The molecule has 2 aliphatic rings. The molecular formula is C18H27FN4O. The molecule has 0 spiro atoms. The number of nitrogens with zero attached hydrogens (tertiary/aromatic N) is 2. The molecule has 2 N–H and O–H groups in total. The van der Waals surface area contributed by atoms with Crippen LogP contribution in [0, 0.1) is 5.82 Å². The van der Waals surface area contributed by atoms with Crippen LogP contribution in [0.25, 0.3) is 0 Å². The van der Waals surface area contributed by atoms with Crippen molar-refractivity contribution in [3.05, 3.63) is 29.6 Å². The summed E-state index contributed by atoms with van der Waals surface area (Å²) in [7, 11) is 0. The maximum Gasteiger partial charge on any atom is 0.237 e. The molecule has 2 fully saturated rings. The number of halogens is 1. The van der Waals surface area contributed by atoms with Crippen molar-refractivity contribution in [2.24, 2.45) is 0 Å². The Morgan fingerprint density at radius 2 is 2.08 bits per heavy atom. The molecule has 0 aromatic heterocycles. The fourth-order valence-electron chi connectivity index (χ4n) is 3.61. The molecule has 0 radical (unpaired) electrons. The Hall–Kier alpha value is -1.66. The van der Waals surface area contributed by atoms with Gasteiger partial charge in [0.05, 0.1) is 6.04 Å². The number of benzene rings is 1. The maximum atomic E-state index is 13.8. The second-order valence-electron chi connectivity index (χ2n) is 6.65. The lowest BCUT2D eigenvalue weighted by Gasteiger charge is -2.37. The van der Waals surface area contributed by atoms with Crippen LogP contribution in [0.4, 0.5) is 10.1 Å². The SMILES string of the molecule is CCN1CCN(c2ccc(F)cc2[C@@H](C)N[C@H]2CCNC2=O)CC1. The summed E-state index contributed by atoms with van der Waals surface area (Å²) in [5.74, 6) is -0.193. The molecule has 2 atom stereocenters. The first-order valence-corrected chi connectivity index (χ1v) is 8.89. The molecule has 1 amide bonds. The molecule has 132 valence electrons. The number of nitrogens with one attached hydrogen (secondary N) is 2. The fraction of sp³-hybridized carbons (Fsp3) is 0.611. The lowest BCUT2D eigenvalue weighted by atomic mass is 10.0. The molecular weight excluding hydrogens is 307 g/mol. The molecule has 24 heavy (non-hydrogen) atoms. The summed E-state index contributed by atoms with van der Waals surface area (Å²) in [6.07, 6.45) is 0.781. The lowest BCUT2D eigenvalue weighted by molar-refractivity contribution is -0.121. The Bertz CT molecular complexity index is 586. The first-order valence-electron chi connectivity index (χ1n) is 8.89. The van der Waals surface area contributed by atoms with E-state index in [1.165, 1.54) is 6.07 Å². The Balaban J connectivity index is 1.76. The Morgan fingerprint density at radius 1 is 1.33 bits per heavy atom. The minimum absolute atomic E-state index is 0.0383. The molecule has 6 heteroatoms. The number of amides is 1. The minimum atomic E-state index is -0.231. The summed E-state index contributed by atoms with van der Waals surface area (Å²) in [6, 6.07) is 4.74. The summed E-state index contributed by atoms with van der Waals surface area (Å²) in [5.41, 5.74) is 2.00. The quantitative estimate of drug-likeness (QED) is 0.857. The van der Waals surface area contributed by atoms with Gasteiger partial charge in [0.1, 0.15) is 5.82 Å². The molecule has 1 aromatic rings. The predicted molar refractivity (Wildman–Crippen MR) is 93.7 cm³/mol. The minimum Gasteiger partial charge on any atom is -0.369 e. The van der Waals surface area contributed by atoms with E-state index in [4.69, 9.17) is 0 Å². The highest BCUT2D eigenvalue weighted by Crippen LogP contribution is 2.29. The Morgan fingerprint density at radius 3 is 2.71 bits per heavy atom. The number of anilines is 1. The number of rotatable bonds is 5. The van der Waals surface area contributed by atoms with Crippen LogP contribution >= 0.6 is 0 Å². The average Bonchev–Trinajstić information content (AvgIpc) is 3.00. The third-order valence-corrected chi connectivity index (χ3v) is 5.12. The largest absolute Gasteiger partial charge is 0.369 e. The standard InChI is InChI=1S/C18H27FN4O/c1-3-22-8-10-23(11-9-22)17-5-4-14(19)12-15(17)13(2)21-16-6-7-20-18(16)24/h4-5,12-13,16,21H,3,6-11H2,1-2H3,(H,20,24)/t13-,16+/m1/s1. The second kappa shape index (κ2) is 7.49. The number of hydrogen-bond donors (Lipinski definition) is 2. The van der Waals surface area contributed by atoms with E-state index in [-0.39, 0.29) is 23.8 Å². The zero-order chi connectivity index (χ0) is 17.1. The highest BCUT2D eigenvalue weighted by molar-refractivity contribution is 5.83. The van der Waals surface area contributed by atoms with Crippen LogP contribution in [-0.2, 0) is 4.79 Å². The number of carbonyl (C=O) groups excluding carboxylic acids is 1. The van der Waals surface area contributed by atoms with Crippen molar-refractivity contribution in [1.82, 2.24) is 15.5 Å². The number of piperazine rings is 1. The van der Waals surface area contributed by atoms with E-state index in [0.717, 1.165) is 50.4 Å². The zero-order valence-electron chi connectivity index (χ0n) is 14.5. The van der Waals surface area contributed by atoms with E-state index in [2.05, 4.69) is 27.4 Å². The third kappa shape index (κ3) is 3.70. The van der Waals surface area contributed by atoms with Crippen molar-refractivity contribution in [3.8, 4) is 0 Å². The van der Waals surface area contributed by atoms with Gasteiger partial charge in [-0.15, -0.1) is 0 Å². The van der Waals surface area contributed by atoms with Gasteiger partial charge in [0.2, 0.25) is 5.91 Å². The Kier molecular flexibility index (Phi) is 5.36. The van der Waals surface area contributed by atoms with Crippen molar-refractivity contribution in [2.45, 2.75) is 32.4 Å². The number of carbonyl (C=O) groups is 1. The zero-order valence-corrected chi connectivity index (χ0v) is 14.5. The first kappa shape index (κ1) is 17.2. The highest BCUT2D eigenvalue weighted by atomic mass is 19.1. The van der Waals surface area contributed by atoms with Gasteiger partial charge in [0, 0.05) is 44.5 Å². The topological polar surface area (TPSA) is 47.6 Å². The van der Waals surface area contributed by atoms with Gasteiger partial charge in [-0.3, -0.25) is 10.1 Å². The van der Waals surface area contributed by atoms with Crippen LogP contribution in [0.3, 0.4) is 0 Å². The lowest BCUT2D eigenvalue weighted by Crippen LogP contribution is -2.46. The molecule has 1 aromatic carbocycles. The van der Waals surface area contributed by atoms with Gasteiger partial charge in [-0.1, -0.05) is 6.92 Å². The van der Waals surface area contributed by atoms with Crippen LogP contribution in [0.2, 0.25) is 0 Å². The van der Waals surface area contributed by atoms with E-state index in [0.29, 0.717) is 6.54 Å². The van der Waals surface area contributed by atoms with E-state index < -0.39 is 0 Å². The van der Waals surface area contributed by atoms with E-state index in [1.54, 1.807) is 6.07 Å².